The topological polar surface area (TPSA) is 94.1 Å². The lowest BCUT2D eigenvalue weighted by molar-refractivity contribution is -0.144. The van der Waals surface area contributed by atoms with E-state index >= 15 is 0 Å². The van der Waals surface area contributed by atoms with Crippen LogP contribution in [0.25, 0.3) is 5.57 Å². The number of rotatable bonds is 7. The summed E-state index contributed by atoms with van der Waals surface area (Å²) >= 11 is 0. The Hall–Kier alpha value is -2.98. The molecule has 2 unspecified atom stereocenters. The van der Waals surface area contributed by atoms with Crippen LogP contribution in [0.1, 0.15) is 37.7 Å². The first-order valence-electron chi connectivity index (χ1n) is 9.70. The zero-order valence-corrected chi connectivity index (χ0v) is 16.3. The van der Waals surface area contributed by atoms with Crippen LogP contribution in [0, 0.1) is 5.92 Å². The molecule has 2 aliphatic rings. The zero-order chi connectivity index (χ0) is 22.5. The van der Waals surface area contributed by atoms with Crippen molar-refractivity contribution in [3.05, 3.63) is 23.8 Å². The summed E-state index contributed by atoms with van der Waals surface area (Å²) in [4.78, 5) is 23.9. The number of carboxylic acid groups (broad SMARTS) is 1. The van der Waals surface area contributed by atoms with Crippen molar-refractivity contribution in [1.29, 1.82) is 0 Å². The predicted octanol–water partition coefficient (Wildman–Crippen LogP) is 3.81. The summed E-state index contributed by atoms with van der Waals surface area (Å²) in [5.74, 6) is -3.73. The molecule has 31 heavy (non-hydrogen) atoms. The van der Waals surface area contributed by atoms with Gasteiger partial charge in [-0.25, -0.2) is 0 Å². The molecule has 1 heterocycles. The average Bonchev–Trinajstić information content (AvgIpc) is 2.69. The van der Waals surface area contributed by atoms with Crippen LogP contribution >= 0.6 is 0 Å². The van der Waals surface area contributed by atoms with Crippen LogP contribution in [0.2, 0.25) is 0 Å². The first-order chi connectivity index (χ1) is 14.8. The smallest absolute Gasteiger partial charge is 0.387 e. The Morgan fingerprint density at radius 3 is 2.52 bits per heavy atom. The van der Waals surface area contributed by atoms with E-state index in [1.807, 2.05) is 0 Å². The van der Waals surface area contributed by atoms with Gasteiger partial charge in [0.15, 0.2) is 11.5 Å². The van der Waals surface area contributed by atoms with Gasteiger partial charge >= 0.3 is 19.2 Å². The molecule has 0 saturated heterocycles. The Morgan fingerprint density at radius 1 is 1.13 bits per heavy atom. The maximum Gasteiger partial charge on any atom is 0.387 e. The Bertz CT molecular complexity index is 860. The van der Waals surface area contributed by atoms with Crippen molar-refractivity contribution in [3.63, 3.8) is 0 Å². The molecule has 1 aromatic carbocycles. The van der Waals surface area contributed by atoms with E-state index in [0.29, 0.717) is 18.4 Å². The summed E-state index contributed by atoms with van der Waals surface area (Å²) in [6, 6.07) is 1.82. The van der Waals surface area contributed by atoms with Crippen LogP contribution in [0.4, 0.5) is 17.6 Å². The molecule has 1 fully saturated rings. The number of carboxylic acids is 1. The second-order valence-electron chi connectivity index (χ2n) is 7.14. The fourth-order valence-corrected chi connectivity index (χ4v) is 3.86. The minimum atomic E-state index is -3.31. The normalized spacial score (nSPS) is 22.1. The molecule has 170 valence electrons. The van der Waals surface area contributed by atoms with E-state index in [0.717, 1.165) is 18.9 Å². The second kappa shape index (κ2) is 9.88. The van der Waals surface area contributed by atoms with Crippen LogP contribution in [0.3, 0.4) is 0 Å². The molecule has 0 bridgehead atoms. The van der Waals surface area contributed by atoms with E-state index < -0.39 is 48.6 Å². The Morgan fingerprint density at radius 2 is 1.84 bits per heavy atom. The molecule has 1 aliphatic carbocycles. The molecule has 1 aliphatic heterocycles. The monoisotopic (exact) mass is 447 g/mol. The number of hydrogen-bond acceptors (Lipinski definition) is 5. The number of fused-ring (bicyclic) bond motifs is 1. The van der Waals surface area contributed by atoms with Crippen molar-refractivity contribution in [2.75, 3.05) is 6.61 Å². The molecule has 1 saturated carbocycles. The van der Waals surface area contributed by atoms with Gasteiger partial charge in [-0.3, -0.25) is 9.59 Å². The predicted molar refractivity (Wildman–Crippen MR) is 99.3 cm³/mol. The molecular formula is C20H21F4NO6. The Balaban J connectivity index is 1.87. The first-order valence-corrected chi connectivity index (χ1v) is 9.70. The number of carbonyl (C=O) groups is 2. The van der Waals surface area contributed by atoms with E-state index in [4.69, 9.17) is 4.74 Å². The standard InChI is InChI=1S/C20H21F4NO6/c21-19(22)30-14-6-5-11-10(7-8-29-16(11)17(14)31-20(23)24)9-15(26)25-13-4-2-1-3-12(13)18(27)28/h5-6,9,12-13,19-20H,1-4,7-8H2,(H,25,26)(H,27,28)/b10-9+. The van der Waals surface area contributed by atoms with Crippen LogP contribution in [0.5, 0.6) is 17.2 Å². The second-order valence-corrected chi connectivity index (χ2v) is 7.14. The summed E-state index contributed by atoms with van der Waals surface area (Å²) in [5.41, 5.74) is 0.626. The van der Waals surface area contributed by atoms with Crippen LogP contribution in [-0.4, -0.2) is 42.9 Å². The van der Waals surface area contributed by atoms with Gasteiger partial charge in [-0.1, -0.05) is 12.8 Å². The SMILES string of the molecule is O=C(/C=C1\CCOc2c1ccc(OC(F)F)c2OC(F)F)NC1CCCCC1C(=O)O. The summed E-state index contributed by atoms with van der Waals surface area (Å²) in [6.07, 6.45) is 4.04. The van der Waals surface area contributed by atoms with Gasteiger partial charge in [0, 0.05) is 24.1 Å². The Labute approximate surface area is 175 Å². The fraction of sp³-hybridized carbons (Fsp3) is 0.500. The number of nitrogens with one attached hydrogen (secondary N) is 1. The lowest BCUT2D eigenvalue weighted by atomic mass is 9.84. The summed E-state index contributed by atoms with van der Waals surface area (Å²) < 4.78 is 64.8. The number of benzene rings is 1. The van der Waals surface area contributed by atoms with Gasteiger partial charge in [0.05, 0.1) is 12.5 Å². The highest BCUT2D eigenvalue weighted by Crippen LogP contribution is 2.46. The summed E-state index contributed by atoms with van der Waals surface area (Å²) in [6.45, 7) is -6.59. The molecule has 0 radical (unpaired) electrons. The van der Waals surface area contributed by atoms with E-state index in [2.05, 4.69) is 14.8 Å². The van der Waals surface area contributed by atoms with Gasteiger partial charge in [-0.2, -0.15) is 17.6 Å². The number of halogens is 4. The number of alkyl halides is 4. The van der Waals surface area contributed by atoms with Crippen LogP contribution in [0.15, 0.2) is 18.2 Å². The molecular weight excluding hydrogens is 426 g/mol. The lowest BCUT2D eigenvalue weighted by Gasteiger charge is -2.29. The molecule has 7 nitrogen and oxygen atoms in total. The third-order valence-corrected chi connectivity index (χ3v) is 5.18. The molecule has 2 N–H and O–H groups in total. The molecule has 3 rings (SSSR count). The fourth-order valence-electron chi connectivity index (χ4n) is 3.86. The van der Waals surface area contributed by atoms with E-state index in [9.17, 15) is 32.3 Å². The quantitative estimate of drug-likeness (QED) is 0.488. The molecule has 1 aromatic rings. The number of ether oxygens (including phenoxy) is 3. The van der Waals surface area contributed by atoms with Gasteiger partial charge in [0.1, 0.15) is 0 Å². The lowest BCUT2D eigenvalue weighted by Crippen LogP contribution is -2.44. The van der Waals surface area contributed by atoms with Gasteiger partial charge in [0.25, 0.3) is 0 Å². The molecule has 11 heteroatoms. The van der Waals surface area contributed by atoms with E-state index in [-0.39, 0.29) is 24.3 Å². The first kappa shape index (κ1) is 22.7. The molecule has 2 atom stereocenters. The van der Waals surface area contributed by atoms with Crippen molar-refractivity contribution in [2.45, 2.75) is 51.4 Å². The minimum Gasteiger partial charge on any atom is -0.489 e. The van der Waals surface area contributed by atoms with E-state index in [1.54, 1.807) is 0 Å². The van der Waals surface area contributed by atoms with Crippen molar-refractivity contribution in [1.82, 2.24) is 5.32 Å². The highest BCUT2D eigenvalue weighted by Gasteiger charge is 2.32. The van der Waals surface area contributed by atoms with Crippen molar-refractivity contribution >= 4 is 17.4 Å². The maximum atomic E-state index is 12.8. The largest absolute Gasteiger partial charge is 0.489 e. The van der Waals surface area contributed by atoms with Gasteiger partial charge in [0.2, 0.25) is 11.7 Å². The Kier molecular flexibility index (Phi) is 7.24. The maximum absolute atomic E-state index is 12.8. The van der Waals surface area contributed by atoms with Crippen molar-refractivity contribution in [3.8, 4) is 17.2 Å². The van der Waals surface area contributed by atoms with Gasteiger partial charge < -0.3 is 24.6 Å². The average molecular weight is 447 g/mol. The molecule has 0 spiro atoms. The third-order valence-electron chi connectivity index (χ3n) is 5.18. The number of carbonyl (C=O) groups excluding carboxylic acids is 1. The number of amides is 1. The third kappa shape index (κ3) is 5.59. The summed E-state index contributed by atoms with van der Waals surface area (Å²) in [7, 11) is 0. The van der Waals surface area contributed by atoms with Crippen LogP contribution < -0.4 is 19.5 Å². The highest BCUT2D eigenvalue weighted by atomic mass is 19.3. The zero-order valence-electron chi connectivity index (χ0n) is 16.3. The van der Waals surface area contributed by atoms with Gasteiger partial charge in [-0.05, 0) is 30.5 Å². The number of aliphatic carboxylic acids is 1. The molecule has 1 amide bonds. The van der Waals surface area contributed by atoms with Crippen molar-refractivity contribution in [2.24, 2.45) is 5.92 Å². The van der Waals surface area contributed by atoms with Crippen molar-refractivity contribution < 1.29 is 46.5 Å². The summed E-state index contributed by atoms with van der Waals surface area (Å²) in [5, 5.41) is 12.0. The van der Waals surface area contributed by atoms with E-state index in [1.165, 1.54) is 12.1 Å². The van der Waals surface area contributed by atoms with Gasteiger partial charge in [-0.15, -0.1) is 0 Å². The minimum absolute atomic E-state index is 0.00891. The van der Waals surface area contributed by atoms with Crippen LogP contribution in [-0.2, 0) is 9.59 Å². The number of hydrogen-bond donors (Lipinski definition) is 2. The molecule has 0 aromatic heterocycles. The highest BCUT2D eigenvalue weighted by molar-refractivity contribution is 5.97.